The molecule has 3 rings (SSSR count). The van der Waals surface area contributed by atoms with Gasteiger partial charge in [0.1, 0.15) is 12.7 Å². The van der Waals surface area contributed by atoms with Gasteiger partial charge in [0.05, 0.1) is 5.56 Å². The van der Waals surface area contributed by atoms with Gasteiger partial charge in [0, 0.05) is 23.0 Å². The molecule has 0 spiro atoms. The average Bonchev–Trinajstić information content (AvgIpc) is 2.90. The van der Waals surface area contributed by atoms with Gasteiger partial charge in [-0.25, -0.2) is 9.59 Å². The molecule has 6 heteroatoms. The zero-order valence-corrected chi connectivity index (χ0v) is 21.7. The van der Waals surface area contributed by atoms with Gasteiger partial charge in [0.25, 0.3) is 0 Å². The van der Waals surface area contributed by atoms with Gasteiger partial charge in [-0.05, 0) is 80.3 Å². The number of nitrogens with two attached hydrogens (primary N) is 2. The Morgan fingerprint density at radius 2 is 1.68 bits per heavy atom. The van der Waals surface area contributed by atoms with Gasteiger partial charge in [-0.3, -0.25) is 0 Å². The van der Waals surface area contributed by atoms with E-state index in [-0.39, 0.29) is 18.7 Å². The molecule has 0 radical (unpaired) electrons. The van der Waals surface area contributed by atoms with Crippen LogP contribution < -0.4 is 11.5 Å². The molecule has 4 N–H and O–H groups in total. The Labute approximate surface area is 220 Å². The van der Waals surface area contributed by atoms with E-state index < -0.39 is 5.97 Å². The van der Waals surface area contributed by atoms with E-state index in [0.29, 0.717) is 22.5 Å². The van der Waals surface area contributed by atoms with Gasteiger partial charge in [0.15, 0.2) is 0 Å². The van der Waals surface area contributed by atoms with Crippen molar-refractivity contribution in [3.8, 4) is 0 Å². The number of carbonyl (C=O) groups is 2. The molecule has 1 saturated carbocycles. The van der Waals surface area contributed by atoms with E-state index in [1.807, 2.05) is 6.08 Å². The largest absolute Gasteiger partial charge is 0.459 e. The van der Waals surface area contributed by atoms with Crippen molar-refractivity contribution in [1.82, 2.24) is 0 Å². The SMILES string of the molecule is C=CCCCCCCC1CCC(OC(=O)c2ccc(/C=C/C(=O)OCc3ccc(N)cc3N)cc2)CC1. The zero-order chi connectivity index (χ0) is 26.5. The van der Waals surface area contributed by atoms with Crippen LogP contribution in [0.15, 0.2) is 61.2 Å². The molecule has 198 valence electrons. The minimum atomic E-state index is -0.483. The number of rotatable bonds is 13. The minimum absolute atomic E-state index is 0.000719. The Kier molecular flexibility index (Phi) is 11.3. The number of allylic oxidation sites excluding steroid dienone is 1. The molecule has 1 fully saturated rings. The molecule has 0 heterocycles. The summed E-state index contributed by atoms with van der Waals surface area (Å²) in [4.78, 5) is 24.6. The molecule has 0 atom stereocenters. The predicted molar refractivity (Wildman–Crippen MR) is 150 cm³/mol. The van der Waals surface area contributed by atoms with E-state index in [0.717, 1.165) is 43.6 Å². The summed E-state index contributed by atoms with van der Waals surface area (Å²) < 4.78 is 11.0. The van der Waals surface area contributed by atoms with E-state index in [2.05, 4.69) is 6.58 Å². The normalized spacial score (nSPS) is 17.4. The first-order chi connectivity index (χ1) is 17.9. The highest BCUT2D eigenvalue weighted by Gasteiger charge is 2.24. The fourth-order valence-electron chi connectivity index (χ4n) is 4.67. The summed E-state index contributed by atoms with van der Waals surface area (Å²) in [6, 6.07) is 12.1. The lowest BCUT2D eigenvalue weighted by molar-refractivity contribution is -0.138. The number of hydrogen-bond acceptors (Lipinski definition) is 6. The number of hydrogen-bond donors (Lipinski definition) is 2. The fraction of sp³-hybridized carbons (Fsp3) is 0.419. The van der Waals surface area contributed by atoms with E-state index in [9.17, 15) is 9.59 Å². The highest BCUT2D eigenvalue weighted by molar-refractivity contribution is 5.90. The highest BCUT2D eigenvalue weighted by atomic mass is 16.5. The Hall–Kier alpha value is -3.54. The Balaban J connectivity index is 1.36. The van der Waals surface area contributed by atoms with Crippen molar-refractivity contribution >= 4 is 29.4 Å². The molecule has 37 heavy (non-hydrogen) atoms. The molecule has 0 saturated heterocycles. The van der Waals surface area contributed by atoms with Crippen LogP contribution in [0.1, 0.15) is 85.7 Å². The number of esters is 2. The molecular formula is C31H40N2O4. The number of carbonyl (C=O) groups excluding carboxylic acids is 2. The number of ether oxygens (including phenoxy) is 2. The Bertz CT molecular complexity index is 1050. The Morgan fingerprint density at radius 1 is 0.946 bits per heavy atom. The van der Waals surface area contributed by atoms with Gasteiger partial charge >= 0.3 is 11.9 Å². The van der Waals surface area contributed by atoms with Crippen molar-refractivity contribution in [1.29, 1.82) is 0 Å². The van der Waals surface area contributed by atoms with E-state index >= 15 is 0 Å². The van der Waals surface area contributed by atoms with Crippen molar-refractivity contribution in [2.24, 2.45) is 5.92 Å². The summed E-state index contributed by atoms with van der Waals surface area (Å²) in [5.74, 6) is -0.0133. The summed E-state index contributed by atoms with van der Waals surface area (Å²) in [5, 5.41) is 0. The molecule has 0 unspecified atom stereocenters. The van der Waals surface area contributed by atoms with Crippen LogP contribution in [-0.2, 0) is 20.9 Å². The van der Waals surface area contributed by atoms with Crippen molar-refractivity contribution in [3.63, 3.8) is 0 Å². The van der Waals surface area contributed by atoms with Crippen molar-refractivity contribution in [2.75, 3.05) is 11.5 Å². The Morgan fingerprint density at radius 3 is 2.38 bits per heavy atom. The minimum Gasteiger partial charge on any atom is -0.459 e. The van der Waals surface area contributed by atoms with Crippen LogP contribution in [0.3, 0.4) is 0 Å². The summed E-state index contributed by atoms with van der Waals surface area (Å²) >= 11 is 0. The number of benzene rings is 2. The van der Waals surface area contributed by atoms with Crippen LogP contribution in [0.4, 0.5) is 11.4 Å². The third-order valence-electron chi connectivity index (χ3n) is 6.94. The van der Waals surface area contributed by atoms with Gasteiger partial charge < -0.3 is 20.9 Å². The van der Waals surface area contributed by atoms with Crippen molar-refractivity contribution in [3.05, 3.63) is 77.9 Å². The molecular weight excluding hydrogens is 464 g/mol. The number of unbranched alkanes of at least 4 members (excludes halogenated alkanes) is 4. The third-order valence-corrected chi connectivity index (χ3v) is 6.94. The predicted octanol–water partition coefficient (Wildman–Crippen LogP) is 6.85. The maximum absolute atomic E-state index is 12.6. The molecule has 1 aliphatic carbocycles. The van der Waals surface area contributed by atoms with E-state index in [1.54, 1.807) is 48.5 Å². The topological polar surface area (TPSA) is 105 Å². The number of anilines is 2. The second-order valence-electron chi connectivity index (χ2n) is 9.85. The highest BCUT2D eigenvalue weighted by Crippen LogP contribution is 2.30. The van der Waals surface area contributed by atoms with Crippen LogP contribution >= 0.6 is 0 Å². The first-order valence-corrected chi connectivity index (χ1v) is 13.3. The summed E-state index contributed by atoms with van der Waals surface area (Å²) in [7, 11) is 0. The monoisotopic (exact) mass is 504 g/mol. The molecule has 2 aromatic carbocycles. The first-order valence-electron chi connectivity index (χ1n) is 13.3. The average molecular weight is 505 g/mol. The first kappa shape index (κ1) is 28.0. The summed E-state index contributed by atoms with van der Waals surface area (Å²) in [6.45, 7) is 3.84. The quantitative estimate of drug-likeness (QED) is 0.102. The summed E-state index contributed by atoms with van der Waals surface area (Å²) in [5.41, 5.74) is 14.6. The van der Waals surface area contributed by atoms with Crippen LogP contribution in [0.25, 0.3) is 6.08 Å². The maximum Gasteiger partial charge on any atom is 0.338 e. The smallest absolute Gasteiger partial charge is 0.338 e. The van der Waals surface area contributed by atoms with Gasteiger partial charge in [-0.2, -0.15) is 0 Å². The van der Waals surface area contributed by atoms with E-state index in [4.69, 9.17) is 20.9 Å². The standard InChI is InChI=1S/C31H40N2O4/c1-2-3-4-5-6-7-8-23-11-18-28(19-12-23)37-31(35)25-14-9-24(10-15-25)13-20-30(34)36-22-26-16-17-27(32)21-29(26)33/h2,9-10,13-17,20-21,23,28H,1,3-8,11-12,18-19,22,32-33H2/b20-13+. The molecule has 0 aromatic heterocycles. The van der Waals surface area contributed by atoms with Crippen LogP contribution in [0, 0.1) is 5.92 Å². The lowest BCUT2D eigenvalue weighted by atomic mass is 9.84. The van der Waals surface area contributed by atoms with Crippen LogP contribution in [-0.4, -0.2) is 18.0 Å². The molecule has 0 bridgehead atoms. The van der Waals surface area contributed by atoms with Gasteiger partial charge in [-0.1, -0.05) is 50.0 Å². The second kappa shape index (κ2) is 14.9. The van der Waals surface area contributed by atoms with Gasteiger partial charge in [0.2, 0.25) is 0 Å². The lowest BCUT2D eigenvalue weighted by Crippen LogP contribution is -2.24. The molecule has 2 aromatic rings. The van der Waals surface area contributed by atoms with Gasteiger partial charge in [-0.15, -0.1) is 6.58 Å². The zero-order valence-electron chi connectivity index (χ0n) is 21.7. The third kappa shape index (κ3) is 9.79. The second-order valence-corrected chi connectivity index (χ2v) is 9.85. The van der Waals surface area contributed by atoms with Crippen molar-refractivity contribution < 1.29 is 19.1 Å². The summed E-state index contributed by atoms with van der Waals surface area (Å²) in [6.07, 6.45) is 16.7. The lowest BCUT2D eigenvalue weighted by Gasteiger charge is -2.28. The van der Waals surface area contributed by atoms with Crippen LogP contribution in [0.5, 0.6) is 0 Å². The van der Waals surface area contributed by atoms with E-state index in [1.165, 1.54) is 38.2 Å². The van der Waals surface area contributed by atoms with Crippen molar-refractivity contribution in [2.45, 2.75) is 76.9 Å². The van der Waals surface area contributed by atoms with Crippen LogP contribution in [0.2, 0.25) is 0 Å². The maximum atomic E-state index is 12.6. The number of nitrogen functional groups attached to an aromatic ring is 2. The fourth-order valence-corrected chi connectivity index (χ4v) is 4.67. The molecule has 1 aliphatic rings. The molecule has 0 amide bonds. The molecule has 6 nitrogen and oxygen atoms in total. The molecule has 0 aliphatic heterocycles.